The maximum atomic E-state index is 12.6. The summed E-state index contributed by atoms with van der Waals surface area (Å²) in [5, 5.41) is -0.283. The number of carbonyl (C=O) groups excluding carboxylic acids is 2. The second-order valence-corrected chi connectivity index (χ2v) is 7.88. The highest BCUT2D eigenvalue weighted by Gasteiger charge is 2.34. The maximum absolute atomic E-state index is 12.6. The van der Waals surface area contributed by atoms with E-state index in [1.54, 1.807) is 6.08 Å². The van der Waals surface area contributed by atoms with Crippen LogP contribution in [0.25, 0.3) is 6.08 Å². The molecule has 146 valence electrons. The number of para-hydroxylation sites is 1. The summed E-state index contributed by atoms with van der Waals surface area (Å²) in [4.78, 5) is 26.4. The van der Waals surface area contributed by atoms with Crippen LogP contribution >= 0.6 is 27.7 Å². The molecule has 2 amide bonds. The molecule has 0 radical (unpaired) electrons. The largest absolute Gasteiger partial charge is 0.492 e. The van der Waals surface area contributed by atoms with Crippen molar-refractivity contribution in [2.24, 2.45) is 0 Å². The van der Waals surface area contributed by atoms with E-state index in [-0.39, 0.29) is 24.3 Å². The van der Waals surface area contributed by atoms with Gasteiger partial charge in [0.2, 0.25) is 0 Å². The minimum atomic E-state index is -0.297. The second kappa shape index (κ2) is 9.80. The number of amides is 2. The van der Waals surface area contributed by atoms with Crippen molar-refractivity contribution in [2.45, 2.75) is 13.3 Å². The maximum Gasteiger partial charge on any atom is 0.293 e. The Morgan fingerprint density at radius 1 is 1.07 bits per heavy atom. The molecule has 0 atom stereocenters. The summed E-state index contributed by atoms with van der Waals surface area (Å²) in [6.45, 7) is 3.15. The summed E-state index contributed by atoms with van der Waals surface area (Å²) in [6, 6.07) is 14.9. The number of halogens is 1. The zero-order valence-electron chi connectivity index (χ0n) is 15.4. The van der Waals surface area contributed by atoms with E-state index in [0.29, 0.717) is 17.3 Å². The Kier molecular flexibility index (Phi) is 7.17. The Morgan fingerprint density at radius 2 is 1.86 bits per heavy atom. The van der Waals surface area contributed by atoms with Crippen LogP contribution in [-0.4, -0.2) is 35.8 Å². The molecule has 0 unspecified atom stereocenters. The highest BCUT2D eigenvalue weighted by atomic mass is 79.9. The standard InChI is InChI=1S/C21H20BrNO4S/c1-2-11-27-18-9-8-15(13-17(18)22)14-19-20(24)23(21(25)28-19)10-12-26-16-6-4-3-5-7-16/h3-9,13-14H,2,10-12H2,1H3/b19-14-. The summed E-state index contributed by atoms with van der Waals surface area (Å²) in [5.74, 6) is 1.17. The minimum Gasteiger partial charge on any atom is -0.492 e. The van der Waals surface area contributed by atoms with Crippen LogP contribution in [0.15, 0.2) is 57.9 Å². The predicted octanol–water partition coefficient (Wildman–Crippen LogP) is 5.35. The lowest BCUT2D eigenvalue weighted by molar-refractivity contribution is -0.123. The molecule has 7 heteroatoms. The van der Waals surface area contributed by atoms with Gasteiger partial charge in [-0.05, 0) is 70.0 Å². The van der Waals surface area contributed by atoms with Gasteiger partial charge in [-0.2, -0.15) is 0 Å². The van der Waals surface area contributed by atoms with E-state index >= 15 is 0 Å². The highest BCUT2D eigenvalue weighted by Crippen LogP contribution is 2.33. The SMILES string of the molecule is CCCOc1ccc(/C=C2\SC(=O)N(CCOc3ccccc3)C2=O)cc1Br. The average Bonchev–Trinajstić information content (AvgIpc) is 2.95. The predicted molar refractivity (Wildman–Crippen MR) is 115 cm³/mol. The van der Waals surface area contributed by atoms with Crippen molar-refractivity contribution in [3.05, 3.63) is 63.5 Å². The van der Waals surface area contributed by atoms with Gasteiger partial charge in [0.25, 0.3) is 11.1 Å². The summed E-state index contributed by atoms with van der Waals surface area (Å²) in [6.07, 6.45) is 2.65. The van der Waals surface area contributed by atoms with Crippen LogP contribution in [0.4, 0.5) is 4.79 Å². The van der Waals surface area contributed by atoms with Gasteiger partial charge in [0, 0.05) is 0 Å². The van der Waals surface area contributed by atoms with Gasteiger partial charge in [0.05, 0.1) is 22.5 Å². The Labute approximate surface area is 176 Å². The van der Waals surface area contributed by atoms with Crippen molar-refractivity contribution < 1.29 is 19.1 Å². The normalized spacial score (nSPS) is 15.4. The molecule has 1 heterocycles. The van der Waals surface area contributed by atoms with E-state index in [1.807, 2.05) is 55.5 Å². The molecule has 2 aromatic carbocycles. The molecule has 0 aromatic heterocycles. The first-order chi connectivity index (χ1) is 13.6. The number of ether oxygens (including phenoxy) is 2. The summed E-state index contributed by atoms with van der Waals surface area (Å²) in [7, 11) is 0. The van der Waals surface area contributed by atoms with Gasteiger partial charge in [-0.1, -0.05) is 31.2 Å². The van der Waals surface area contributed by atoms with Crippen LogP contribution in [-0.2, 0) is 4.79 Å². The Hall–Kier alpha value is -2.25. The molecule has 0 bridgehead atoms. The molecule has 1 fully saturated rings. The number of carbonyl (C=O) groups is 2. The molecule has 3 rings (SSSR count). The Morgan fingerprint density at radius 3 is 2.57 bits per heavy atom. The molecule has 0 aliphatic carbocycles. The molecule has 1 aliphatic rings. The van der Waals surface area contributed by atoms with Crippen LogP contribution in [0.5, 0.6) is 11.5 Å². The first kappa shape index (κ1) is 20.5. The van der Waals surface area contributed by atoms with E-state index < -0.39 is 0 Å². The van der Waals surface area contributed by atoms with Gasteiger partial charge in [-0.15, -0.1) is 0 Å². The van der Waals surface area contributed by atoms with Gasteiger partial charge >= 0.3 is 0 Å². The number of thioether (sulfide) groups is 1. The number of nitrogens with zero attached hydrogens (tertiary/aromatic N) is 1. The molecule has 0 N–H and O–H groups in total. The summed E-state index contributed by atoms with van der Waals surface area (Å²) in [5.41, 5.74) is 0.821. The fraction of sp³-hybridized carbons (Fsp3) is 0.238. The second-order valence-electron chi connectivity index (χ2n) is 6.03. The third-order valence-electron chi connectivity index (χ3n) is 3.92. The Bertz CT molecular complexity index is 885. The monoisotopic (exact) mass is 461 g/mol. The van der Waals surface area contributed by atoms with Gasteiger partial charge < -0.3 is 9.47 Å². The van der Waals surface area contributed by atoms with Crippen molar-refractivity contribution in [2.75, 3.05) is 19.8 Å². The lowest BCUT2D eigenvalue weighted by Crippen LogP contribution is -2.32. The molecule has 1 aliphatic heterocycles. The molecular formula is C21H20BrNO4S. The van der Waals surface area contributed by atoms with E-state index in [4.69, 9.17) is 9.47 Å². The zero-order chi connectivity index (χ0) is 19.9. The topological polar surface area (TPSA) is 55.8 Å². The third kappa shape index (κ3) is 5.17. The molecule has 0 saturated carbocycles. The van der Waals surface area contributed by atoms with E-state index in [1.165, 1.54) is 4.90 Å². The fourth-order valence-electron chi connectivity index (χ4n) is 2.55. The smallest absolute Gasteiger partial charge is 0.293 e. The van der Waals surface area contributed by atoms with Crippen LogP contribution in [0.2, 0.25) is 0 Å². The first-order valence-electron chi connectivity index (χ1n) is 8.94. The van der Waals surface area contributed by atoms with E-state index in [0.717, 1.165) is 34.0 Å². The van der Waals surface area contributed by atoms with Crippen molar-refractivity contribution in [1.82, 2.24) is 4.90 Å². The Balaban J connectivity index is 1.63. The number of hydrogen-bond acceptors (Lipinski definition) is 5. The molecule has 2 aromatic rings. The van der Waals surface area contributed by atoms with Gasteiger partial charge in [0.1, 0.15) is 18.1 Å². The fourth-order valence-corrected chi connectivity index (χ4v) is 3.93. The quantitative estimate of drug-likeness (QED) is 0.495. The lowest BCUT2D eigenvalue weighted by atomic mass is 10.2. The van der Waals surface area contributed by atoms with Gasteiger partial charge in [0.15, 0.2) is 0 Å². The van der Waals surface area contributed by atoms with Gasteiger partial charge in [-0.25, -0.2) is 0 Å². The van der Waals surface area contributed by atoms with E-state index in [2.05, 4.69) is 15.9 Å². The lowest BCUT2D eigenvalue weighted by Gasteiger charge is -2.13. The van der Waals surface area contributed by atoms with Gasteiger partial charge in [-0.3, -0.25) is 14.5 Å². The molecule has 1 saturated heterocycles. The number of rotatable bonds is 8. The third-order valence-corrected chi connectivity index (χ3v) is 5.44. The average molecular weight is 462 g/mol. The molecule has 5 nitrogen and oxygen atoms in total. The summed E-state index contributed by atoms with van der Waals surface area (Å²) >= 11 is 4.43. The van der Waals surface area contributed by atoms with E-state index in [9.17, 15) is 9.59 Å². The van der Waals surface area contributed by atoms with Crippen LogP contribution in [0, 0.1) is 0 Å². The minimum absolute atomic E-state index is 0.213. The zero-order valence-corrected chi connectivity index (χ0v) is 17.8. The number of imide groups is 1. The van der Waals surface area contributed by atoms with Crippen molar-refractivity contribution >= 4 is 44.9 Å². The van der Waals surface area contributed by atoms with Crippen LogP contribution < -0.4 is 9.47 Å². The highest BCUT2D eigenvalue weighted by molar-refractivity contribution is 9.10. The molecule has 28 heavy (non-hydrogen) atoms. The number of benzene rings is 2. The van der Waals surface area contributed by atoms with Crippen molar-refractivity contribution in [3.63, 3.8) is 0 Å². The number of hydrogen-bond donors (Lipinski definition) is 0. The van der Waals surface area contributed by atoms with Crippen molar-refractivity contribution in [1.29, 1.82) is 0 Å². The van der Waals surface area contributed by atoms with Crippen molar-refractivity contribution in [3.8, 4) is 11.5 Å². The molecule has 0 spiro atoms. The first-order valence-corrected chi connectivity index (χ1v) is 10.5. The van der Waals surface area contributed by atoms with Crippen LogP contribution in [0.3, 0.4) is 0 Å². The molecular weight excluding hydrogens is 442 g/mol. The van der Waals surface area contributed by atoms with Crippen LogP contribution in [0.1, 0.15) is 18.9 Å². The summed E-state index contributed by atoms with van der Waals surface area (Å²) < 4.78 is 12.0.